The Kier molecular flexibility index (Phi) is 3.94. The van der Waals surface area contributed by atoms with Crippen molar-refractivity contribution in [3.8, 4) is 0 Å². The van der Waals surface area contributed by atoms with Gasteiger partial charge in [0.1, 0.15) is 0 Å². The Labute approximate surface area is 92.7 Å². The smallest absolute Gasteiger partial charge is 0.304 e. The van der Waals surface area contributed by atoms with E-state index < -0.39 is 0 Å². The molecule has 1 aromatic rings. The monoisotopic (exact) mass is 228 g/mol. The van der Waals surface area contributed by atoms with Gasteiger partial charge in [0.05, 0.1) is 6.61 Å². The van der Waals surface area contributed by atoms with Gasteiger partial charge in [-0.05, 0) is 18.8 Å². The fraction of sp³-hybridized carbons (Fsp3) is 0.700. The lowest BCUT2D eigenvalue weighted by Gasteiger charge is -2.22. The third-order valence-electron chi connectivity index (χ3n) is 2.57. The average Bonchev–Trinajstić information content (AvgIpc) is 2.66. The summed E-state index contributed by atoms with van der Waals surface area (Å²) in [5.74, 6) is 0.629. The van der Waals surface area contributed by atoms with Crippen LogP contribution in [0.15, 0.2) is 10.2 Å². The summed E-state index contributed by atoms with van der Waals surface area (Å²) in [6.07, 6.45) is 2.41. The van der Waals surface area contributed by atoms with Crippen LogP contribution in [-0.4, -0.2) is 24.7 Å². The van der Waals surface area contributed by atoms with Crippen LogP contribution in [0, 0.1) is 5.92 Å². The first kappa shape index (κ1) is 10.9. The summed E-state index contributed by atoms with van der Waals surface area (Å²) in [5, 5.41) is 5.21. The molecule has 0 aliphatic carbocycles. The zero-order valence-corrected chi connectivity index (χ0v) is 9.44. The third-order valence-corrected chi connectivity index (χ3v) is 3.29. The Morgan fingerprint density at radius 3 is 3.27 bits per heavy atom. The van der Waals surface area contributed by atoms with Crippen molar-refractivity contribution >= 4 is 11.3 Å². The second-order valence-corrected chi connectivity index (χ2v) is 4.73. The second kappa shape index (κ2) is 5.44. The Hall–Kier alpha value is -0.650. The van der Waals surface area contributed by atoms with Crippen LogP contribution in [0.1, 0.15) is 18.5 Å². The predicted octanol–water partition coefficient (Wildman–Crippen LogP) is 0.953. The fourth-order valence-electron chi connectivity index (χ4n) is 1.78. The molecule has 0 amide bonds. The number of thiazole rings is 1. The van der Waals surface area contributed by atoms with Gasteiger partial charge in [0.2, 0.25) is 0 Å². The molecule has 0 bridgehead atoms. The van der Waals surface area contributed by atoms with E-state index in [1.165, 1.54) is 24.2 Å². The molecule has 1 aromatic heterocycles. The highest BCUT2D eigenvalue weighted by atomic mass is 32.1. The van der Waals surface area contributed by atoms with Crippen molar-refractivity contribution < 1.29 is 4.74 Å². The van der Waals surface area contributed by atoms with Crippen LogP contribution in [0.3, 0.4) is 0 Å². The maximum absolute atomic E-state index is 10.9. The van der Waals surface area contributed by atoms with E-state index >= 15 is 0 Å². The van der Waals surface area contributed by atoms with E-state index in [2.05, 4.69) is 10.3 Å². The Balaban J connectivity index is 1.68. The van der Waals surface area contributed by atoms with Gasteiger partial charge in [0.25, 0.3) is 0 Å². The van der Waals surface area contributed by atoms with Crippen LogP contribution in [0.5, 0.6) is 0 Å². The fourth-order valence-corrected chi connectivity index (χ4v) is 2.36. The first-order valence-electron chi connectivity index (χ1n) is 5.30. The average molecular weight is 228 g/mol. The largest absolute Gasteiger partial charge is 0.381 e. The number of nitrogens with one attached hydrogen (secondary N) is 2. The van der Waals surface area contributed by atoms with E-state index in [1.54, 1.807) is 0 Å². The van der Waals surface area contributed by atoms with Crippen molar-refractivity contribution in [3.63, 3.8) is 0 Å². The number of hydrogen-bond donors (Lipinski definition) is 2. The molecule has 1 unspecified atom stereocenters. The van der Waals surface area contributed by atoms with E-state index in [1.807, 2.05) is 5.38 Å². The quantitative estimate of drug-likeness (QED) is 0.807. The van der Waals surface area contributed by atoms with Crippen molar-refractivity contribution in [2.75, 3.05) is 19.8 Å². The predicted molar refractivity (Wildman–Crippen MR) is 60.2 cm³/mol. The number of rotatable bonds is 4. The van der Waals surface area contributed by atoms with Crippen LogP contribution < -0.4 is 10.2 Å². The third kappa shape index (κ3) is 3.44. The van der Waals surface area contributed by atoms with Crippen LogP contribution in [0.25, 0.3) is 0 Å². The minimum Gasteiger partial charge on any atom is -0.381 e. The van der Waals surface area contributed by atoms with Gasteiger partial charge in [-0.1, -0.05) is 11.3 Å². The van der Waals surface area contributed by atoms with Gasteiger partial charge >= 0.3 is 4.87 Å². The van der Waals surface area contributed by atoms with Crippen molar-refractivity contribution in [2.24, 2.45) is 5.92 Å². The molecule has 0 saturated carbocycles. The molecule has 0 aromatic carbocycles. The highest BCUT2D eigenvalue weighted by Gasteiger charge is 2.12. The van der Waals surface area contributed by atoms with Crippen molar-refractivity contribution in [3.05, 3.63) is 20.7 Å². The summed E-state index contributed by atoms with van der Waals surface area (Å²) in [5.41, 5.74) is 0.974. The van der Waals surface area contributed by atoms with Crippen molar-refractivity contribution in [2.45, 2.75) is 19.4 Å². The molecule has 15 heavy (non-hydrogen) atoms. The summed E-state index contributed by atoms with van der Waals surface area (Å²) in [7, 11) is 0. The second-order valence-electron chi connectivity index (χ2n) is 3.89. The standard InChI is InChI=1S/C10H16N2O2S/c13-10-12-9(7-15-10)5-11-4-8-2-1-3-14-6-8/h7-8,11H,1-6H2,(H,12,13). The van der Waals surface area contributed by atoms with E-state index in [0.29, 0.717) is 5.92 Å². The minimum atomic E-state index is 0.0211. The summed E-state index contributed by atoms with van der Waals surface area (Å²) in [6.45, 7) is 3.49. The van der Waals surface area contributed by atoms with Gasteiger partial charge in [-0.25, -0.2) is 0 Å². The van der Waals surface area contributed by atoms with Crippen molar-refractivity contribution in [1.82, 2.24) is 10.3 Å². The Morgan fingerprint density at radius 1 is 1.67 bits per heavy atom. The summed E-state index contributed by atoms with van der Waals surface area (Å²) < 4.78 is 5.39. The lowest BCUT2D eigenvalue weighted by Crippen LogP contribution is -2.29. The minimum absolute atomic E-state index is 0.0211. The molecule has 2 N–H and O–H groups in total. The molecule has 0 spiro atoms. The van der Waals surface area contributed by atoms with Gasteiger partial charge in [0.15, 0.2) is 0 Å². The lowest BCUT2D eigenvalue weighted by atomic mass is 10.0. The summed E-state index contributed by atoms with van der Waals surface area (Å²) in [4.78, 5) is 13.7. The zero-order valence-electron chi connectivity index (χ0n) is 8.62. The summed E-state index contributed by atoms with van der Waals surface area (Å²) >= 11 is 1.21. The number of ether oxygens (including phenoxy) is 1. The Morgan fingerprint density at radius 2 is 2.60 bits per heavy atom. The molecule has 1 fully saturated rings. The lowest BCUT2D eigenvalue weighted by molar-refractivity contribution is 0.0547. The number of H-pyrrole nitrogens is 1. The molecular weight excluding hydrogens is 212 g/mol. The normalized spacial score (nSPS) is 21.7. The van der Waals surface area contributed by atoms with Crippen LogP contribution >= 0.6 is 11.3 Å². The highest BCUT2D eigenvalue weighted by Crippen LogP contribution is 2.12. The first-order valence-corrected chi connectivity index (χ1v) is 6.18. The Bertz CT molecular complexity index is 341. The maximum atomic E-state index is 10.9. The molecule has 1 aliphatic rings. The molecular formula is C10H16N2O2S. The molecule has 1 atom stereocenters. The SMILES string of the molecule is O=c1[nH]c(CNCC2CCCOC2)cs1. The molecule has 2 rings (SSSR count). The van der Waals surface area contributed by atoms with Crippen LogP contribution in [0.4, 0.5) is 0 Å². The van der Waals surface area contributed by atoms with Crippen molar-refractivity contribution in [1.29, 1.82) is 0 Å². The topological polar surface area (TPSA) is 54.1 Å². The van der Waals surface area contributed by atoms with Gasteiger partial charge in [-0.15, -0.1) is 0 Å². The van der Waals surface area contributed by atoms with Gasteiger partial charge < -0.3 is 15.0 Å². The number of aromatic nitrogens is 1. The molecule has 5 heteroatoms. The molecule has 0 radical (unpaired) electrons. The van der Waals surface area contributed by atoms with Crippen LogP contribution in [0.2, 0.25) is 0 Å². The number of hydrogen-bond acceptors (Lipinski definition) is 4. The first-order chi connectivity index (χ1) is 7.34. The van der Waals surface area contributed by atoms with Gasteiger partial charge in [-0.3, -0.25) is 4.79 Å². The van der Waals surface area contributed by atoms with Crippen LogP contribution in [-0.2, 0) is 11.3 Å². The van der Waals surface area contributed by atoms with E-state index in [-0.39, 0.29) is 4.87 Å². The molecule has 1 aliphatic heterocycles. The number of aromatic amines is 1. The zero-order chi connectivity index (χ0) is 10.5. The maximum Gasteiger partial charge on any atom is 0.304 e. The van der Waals surface area contributed by atoms with E-state index in [9.17, 15) is 4.79 Å². The van der Waals surface area contributed by atoms with E-state index in [4.69, 9.17) is 4.74 Å². The molecule has 4 nitrogen and oxygen atoms in total. The van der Waals surface area contributed by atoms with E-state index in [0.717, 1.165) is 32.0 Å². The highest BCUT2D eigenvalue weighted by molar-refractivity contribution is 7.07. The molecule has 84 valence electrons. The molecule has 2 heterocycles. The van der Waals surface area contributed by atoms with Gasteiger partial charge in [0, 0.05) is 30.8 Å². The molecule has 1 saturated heterocycles. The van der Waals surface area contributed by atoms with Gasteiger partial charge in [-0.2, -0.15) is 0 Å². The summed E-state index contributed by atoms with van der Waals surface area (Å²) in [6, 6.07) is 0.